The number of nitrogens with one attached hydrogen (secondary N) is 2. The third-order valence-electron chi connectivity index (χ3n) is 5.81. The summed E-state index contributed by atoms with van der Waals surface area (Å²) in [5.74, 6) is 0.969. The van der Waals surface area contributed by atoms with Crippen molar-refractivity contribution in [2.24, 2.45) is 5.92 Å². The van der Waals surface area contributed by atoms with Crippen LogP contribution in [0.15, 0.2) is 36.9 Å². The van der Waals surface area contributed by atoms with E-state index < -0.39 is 0 Å². The Bertz CT molecular complexity index is 1200. The van der Waals surface area contributed by atoms with Gasteiger partial charge < -0.3 is 15.2 Å². The van der Waals surface area contributed by atoms with Crippen molar-refractivity contribution >= 4 is 28.5 Å². The van der Waals surface area contributed by atoms with Crippen LogP contribution < -0.4 is 5.32 Å². The Hall–Kier alpha value is -3.49. The van der Waals surface area contributed by atoms with Crippen LogP contribution in [0.3, 0.4) is 0 Å². The molecular weight excluding hydrogens is 380 g/mol. The van der Waals surface area contributed by atoms with Gasteiger partial charge in [-0.1, -0.05) is 0 Å². The monoisotopic (exact) mass is 404 g/mol. The molecule has 9 heteroatoms. The lowest BCUT2D eigenvalue weighted by molar-refractivity contribution is -0.133. The molecular formula is C21H24N8O. The van der Waals surface area contributed by atoms with Gasteiger partial charge in [-0.2, -0.15) is 10.1 Å². The number of amides is 1. The first-order chi connectivity index (χ1) is 14.6. The highest BCUT2D eigenvalue weighted by atomic mass is 16.2. The van der Waals surface area contributed by atoms with E-state index in [0.29, 0.717) is 5.95 Å². The molecule has 4 aromatic heterocycles. The topological polar surface area (TPSA) is 104 Å². The molecule has 1 amide bonds. The van der Waals surface area contributed by atoms with Crippen molar-refractivity contribution in [3.8, 4) is 11.3 Å². The van der Waals surface area contributed by atoms with Gasteiger partial charge in [-0.3, -0.25) is 4.79 Å². The molecule has 1 aliphatic rings. The van der Waals surface area contributed by atoms with Crippen LogP contribution in [0.25, 0.3) is 27.9 Å². The number of fused-ring (bicyclic) bond motifs is 2. The predicted octanol–water partition coefficient (Wildman–Crippen LogP) is 2.73. The standard InChI is InChI=1S/C21H24N8O/c1-28(2)20(30)13-3-5-14(6-4-13)25-21-24-12-16-15(11-23-19(16)26-21)17-7-8-18-22-9-10-29(18)27-17/h7-14H,3-6H2,1-2H3,(H2,23,24,25,26). The molecule has 30 heavy (non-hydrogen) atoms. The summed E-state index contributed by atoms with van der Waals surface area (Å²) >= 11 is 0. The first-order valence-corrected chi connectivity index (χ1v) is 10.2. The summed E-state index contributed by atoms with van der Waals surface area (Å²) in [4.78, 5) is 30.5. The number of rotatable bonds is 4. The molecule has 4 aromatic rings. The van der Waals surface area contributed by atoms with Crippen LogP contribution in [0.5, 0.6) is 0 Å². The van der Waals surface area contributed by atoms with E-state index >= 15 is 0 Å². The van der Waals surface area contributed by atoms with Crippen LogP contribution in [-0.4, -0.2) is 60.5 Å². The number of nitrogens with zero attached hydrogens (tertiary/aromatic N) is 6. The zero-order valence-electron chi connectivity index (χ0n) is 17.0. The zero-order chi connectivity index (χ0) is 20.7. The number of H-pyrrole nitrogens is 1. The van der Waals surface area contributed by atoms with Crippen LogP contribution in [-0.2, 0) is 4.79 Å². The lowest BCUT2D eigenvalue weighted by atomic mass is 9.85. The minimum absolute atomic E-state index is 0.132. The fraction of sp³-hybridized carbons (Fsp3) is 0.381. The Balaban J connectivity index is 1.31. The number of aromatic nitrogens is 6. The molecule has 1 saturated carbocycles. The summed E-state index contributed by atoms with van der Waals surface area (Å²) in [5.41, 5.74) is 3.37. The summed E-state index contributed by atoms with van der Waals surface area (Å²) in [7, 11) is 3.65. The van der Waals surface area contributed by atoms with Gasteiger partial charge in [-0.25, -0.2) is 14.5 Å². The summed E-state index contributed by atoms with van der Waals surface area (Å²) in [5, 5.41) is 8.97. The molecule has 1 aliphatic carbocycles. The van der Waals surface area contributed by atoms with Crippen molar-refractivity contribution in [2.45, 2.75) is 31.7 Å². The second-order valence-corrected chi connectivity index (χ2v) is 8.03. The fourth-order valence-corrected chi connectivity index (χ4v) is 4.18. The van der Waals surface area contributed by atoms with Gasteiger partial charge in [0.05, 0.1) is 5.69 Å². The van der Waals surface area contributed by atoms with Crippen molar-refractivity contribution in [1.82, 2.24) is 34.4 Å². The maximum Gasteiger partial charge on any atom is 0.225 e. The van der Waals surface area contributed by atoms with Crippen LogP contribution in [0.2, 0.25) is 0 Å². The number of carbonyl (C=O) groups is 1. The first-order valence-electron chi connectivity index (χ1n) is 10.2. The Labute approximate surface area is 173 Å². The third kappa shape index (κ3) is 3.36. The average Bonchev–Trinajstić information content (AvgIpc) is 3.39. The van der Waals surface area contributed by atoms with Crippen LogP contribution in [0.4, 0.5) is 5.95 Å². The Morgan fingerprint density at radius 3 is 2.83 bits per heavy atom. The molecule has 0 radical (unpaired) electrons. The maximum absolute atomic E-state index is 12.2. The van der Waals surface area contributed by atoms with Gasteiger partial charge >= 0.3 is 0 Å². The second kappa shape index (κ2) is 7.40. The summed E-state index contributed by atoms with van der Waals surface area (Å²) in [6.07, 6.45) is 11.0. The summed E-state index contributed by atoms with van der Waals surface area (Å²) in [6.45, 7) is 0. The van der Waals surface area contributed by atoms with E-state index in [1.54, 1.807) is 15.6 Å². The number of aromatic amines is 1. The fourth-order valence-electron chi connectivity index (χ4n) is 4.18. The van der Waals surface area contributed by atoms with Crippen molar-refractivity contribution < 1.29 is 4.79 Å². The van der Waals surface area contributed by atoms with Crippen molar-refractivity contribution in [2.75, 3.05) is 19.4 Å². The van der Waals surface area contributed by atoms with E-state index in [4.69, 9.17) is 0 Å². The number of hydrogen-bond donors (Lipinski definition) is 2. The predicted molar refractivity (Wildman–Crippen MR) is 114 cm³/mol. The van der Waals surface area contributed by atoms with E-state index in [9.17, 15) is 4.79 Å². The molecule has 9 nitrogen and oxygen atoms in total. The Morgan fingerprint density at radius 2 is 2.03 bits per heavy atom. The molecule has 0 saturated heterocycles. The highest BCUT2D eigenvalue weighted by molar-refractivity contribution is 5.92. The number of anilines is 1. The van der Waals surface area contributed by atoms with Gasteiger partial charge in [0.2, 0.25) is 11.9 Å². The van der Waals surface area contributed by atoms with Crippen LogP contribution in [0, 0.1) is 5.92 Å². The van der Waals surface area contributed by atoms with Crippen molar-refractivity contribution in [3.05, 3.63) is 36.9 Å². The van der Waals surface area contributed by atoms with E-state index in [1.807, 2.05) is 44.8 Å². The summed E-state index contributed by atoms with van der Waals surface area (Å²) < 4.78 is 1.75. The van der Waals surface area contributed by atoms with Crippen LogP contribution in [0.1, 0.15) is 25.7 Å². The van der Waals surface area contributed by atoms with E-state index in [2.05, 4.69) is 30.4 Å². The number of imidazole rings is 1. The molecule has 4 heterocycles. The maximum atomic E-state index is 12.2. The normalized spacial score (nSPS) is 19.3. The number of carbonyl (C=O) groups excluding carboxylic acids is 1. The van der Waals surface area contributed by atoms with Gasteiger partial charge in [0.25, 0.3) is 0 Å². The van der Waals surface area contributed by atoms with Gasteiger partial charge in [-0.05, 0) is 37.8 Å². The van der Waals surface area contributed by atoms with Gasteiger partial charge in [0.1, 0.15) is 5.65 Å². The smallest absolute Gasteiger partial charge is 0.225 e. The van der Waals surface area contributed by atoms with E-state index in [1.165, 1.54) is 0 Å². The Morgan fingerprint density at radius 1 is 1.20 bits per heavy atom. The molecule has 2 N–H and O–H groups in total. The molecule has 1 fully saturated rings. The highest BCUT2D eigenvalue weighted by Crippen LogP contribution is 2.29. The largest absolute Gasteiger partial charge is 0.351 e. The Kier molecular flexibility index (Phi) is 4.57. The van der Waals surface area contributed by atoms with E-state index in [0.717, 1.165) is 53.6 Å². The van der Waals surface area contributed by atoms with E-state index in [-0.39, 0.29) is 17.9 Å². The summed E-state index contributed by atoms with van der Waals surface area (Å²) in [6, 6.07) is 4.17. The molecule has 5 rings (SSSR count). The molecule has 0 aliphatic heterocycles. The molecule has 0 spiro atoms. The van der Waals surface area contributed by atoms with Gasteiger partial charge in [-0.15, -0.1) is 0 Å². The molecule has 0 atom stereocenters. The molecule has 0 bridgehead atoms. The van der Waals surface area contributed by atoms with Gasteiger partial charge in [0, 0.05) is 61.8 Å². The van der Waals surface area contributed by atoms with Crippen molar-refractivity contribution in [1.29, 1.82) is 0 Å². The molecule has 0 aromatic carbocycles. The second-order valence-electron chi connectivity index (χ2n) is 8.03. The minimum atomic E-state index is 0.132. The lowest BCUT2D eigenvalue weighted by Gasteiger charge is -2.29. The third-order valence-corrected chi connectivity index (χ3v) is 5.81. The lowest BCUT2D eigenvalue weighted by Crippen LogP contribution is -2.35. The average molecular weight is 404 g/mol. The van der Waals surface area contributed by atoms with Gasteiger partial charge in [0.15, 0.2) is 5.65 Å². The SMILES string of the molecule is CN(C)C(=O)C1CCC(Nc2ncc3c(-c4ccc5nccn5n4)c[nH]c3n2)CC1. The minimum Gasteiger partial charge on any atom is -0.351 e. The highest BCUT2D eigenvalue weighted by Gasteiger charge is 2.27. The molecule has 0 unspecified atom stereocenters. The number of hydrogen-bond acceptors (Lipinski definition) is 6. The van der Waals surface area contributed by atoms with Crippen LogP contribution >= 0.6 is 0 Å². The molecule has 154 valence electrons. The van der Waals surface area contributed by atoms with Crippen molar-refractivity contribution in [3.63, 3.8) is 0 Å². The zero-order valence-corrected chi connectivity index (χ0v) is 17.0. The first kappa shape index (κ1) is 18.5. The quantitative estimate of drug-likeness (QED) is 0.542.